The van der Waals surface area contributed by atoms with E-state index < -0.39 is 18.0 Å². The van der Waals surface area contributed by atoms with Crippen molar-refractivity contribution in [3.05, 3.63) is 46.6 Å². The summed E-state index contributed by atoms with van der Waals surface area (Å²) in [6.07, 6.45) is -5.18. The summed E-state index contributed by atoms with van der Waals surface area (Å²) >= 11 is 0. The summed E-state index contributed by atoms with van der Waals surface area (Å²) in [5.41, 5.74) is 3.85. The fraction of sp³-hybridized carbons (Fsp3) is 0.261. The molecular weight excluding hydrogens is 451 g/mol. The number of aryl methyl sites for hydroxylation is 4. The molecule has 34 heavy (non-hydrogen) atoms. The fourth-order valence-electron chi connectivity index (χ4n) is 3.68. The molecule has 11 heteroatoms. The van der Waals surface area contributed by atoms with Crippen molar-refractivity contribution in [2.24, 2.45) is 0 Å². The average molecular weight is 471 g/mol. The van der Waals surface area contributed by atoms with E-state index in [1.165, 1.54) is 0 Å². The van der Waals surface area contributed by atoms with E-state index in [0.717, 1.165) is 16.5 Å². The van der Waals surface area contributed by atoms with E-state index in [-0.39, 0.29) is 17.3 Å². The van der Waals surface area contributed by atoms with E-state index in [2.05, 4.69) is 30.0 Å². The maximum absolute atomic E-state index is 12.9. The van der Waals surface area contributed by atoms with Crippen LogP contribution in [0.3, 0.4) is 0 Å². The van der Waals surface area contributed by atoms with Crippen LogP contribution in [0.1, 0.15) is 22.4 Å². The standard InChI is InChI=1S/C23H20F3N5O3/c1-10-8-12(3)17-14(9-10)19(34-20(32)23(24,25)26)30-22(28-17)31-21-27-13(4)16-15(33-5)7-6-11(2)18(16)29-21/h6-9H,1-5H3,(H,27,28,29,30,31). The Morgan fingerprint density at radius 3 is 2.26 bits per heavy atom. The molecule has 176 valence electrons. The monoisotopic (exact) mass is 471 g/mol. The Bertz CT molecular complexity index is 1450. The van der Waals surface area contributed by atoms with Crippen molar-refractivity contribution in [3.63, 3.8) is 0 Å². The molecular formula is C23H20F3N5O3. The minimum atomic E-state index is -5.18. The van der Waals surface area contributed by atoms with Gasteiger partial charge in [-0.1, -0.05) is 12.1 Å². The van der Waals surface area contributed by atoms with Gasteiger partial charge in [0.15, 0.2) is 0 Å². The fourth-order valence-corrected chi connectivity index (χ4v) is 3.68. The van der Waals surface area contributed by atoms with Crippen molar-refractivity contribution in [2.45, 2.75) is 33.9 Å². The molecule has 0 fully saturated rings. The van der Waals surface area contributed by atoms with Crippen LogP contribution in [0.25, 0.3) is 21.8 Å². The lowest BCUT2D eigenvalue weighted by Gasteiger charge is -2.14. The second-order valence-corrected chi connectivity index (χ2v) is 7.78. The summed E-state index contributed by atoms with van der Waals surface area (Å²) in [7, 11) is 1.55. The molecule has 0 spiro atoms. The Hall–Kier alpha value is -4.02. The number of aromatic nitrogens is 4. The Morgan fingerprint density at radius 2 is 1.59 bits per heavy atom. The van der Waals surface area contributed by atoms with Crippen LogP contribution in [-0.4, -0.2) is 39.2 Å². The maximum atomic E-state index is 12.9. The van der Waals surface area contributed by atoms with Gasteiger partial charge in [-0.2, -0.15) is 18.2 Å². The summed E-state index contributed by atoms with van der Waals surface area (Å²) in [4.78, 5) is 28.9. The van der Waals surface area contributed by atoms with E-state index in [4.69, 9.17) is 4.74 Å². The van der Waals surface area contributed by atoms with Crippen molar-refractivity contribution in [1.82, 2.24) is 19.9 Å². The predicted octanol–water partition coefficient (Wildman–Crippen LogP) is 5.03. The van der Waals surface area contributed by atoms with Crippen LogP contribution in [0, 0.1) is 27.7 Å². The lowest BCUT2D eigenvalue weighted by Crippen LogP contribution is -2.28. The second kappa shape index (κ2) is 8.40. The molecule has 0 radical (unpaired) electrons. The molecule has 0 atom stereocenters. The molecule has 0 saturated heterocycles. The first-order valence-electron chi connectivity index (χ1n) is 10.1. The van der Waals surface area contributed by atoms with E-state index >= 15 is 0 Å². The first-order chi connectivity index (χ1) is 16.0. The third-order valence-electron chi connectivity index (χ3n) is 5.16. The maximum Gasteiger partial charge on any atom is 0.491 e. The number of anilines is 2. The normalized spacial score (nSPS) is 11.6. The third-order valence-corrected chi connectivity index (χ3v) is 5.16. The Kier molecular flexibility index (Phi) is 5.72. The first kappa shape index (κ1) is 23.1. The molecule has 2 aromatic heterocycles. The molecule has 2 aromatic carbocycles. The summed E-state index contributed by atoms with van der Waals surface area (Å²) in [6, 6.07) is 7.03. The van der Waals surface area contributed by atoms with Crippen LogP contribution in [0.15, 0.2) is 24.3 Å². The SMILES string of the molecule is COc1ccc(C)c2nc(Nc3nc(OC(=O)C(F)(F)F)c4cc(C)cc(C)c4n3)nc(C)c12. The van der Waals surface area contributed by atoms with E-state index in [9.17, 15) is 18.0 Å². The van der Waals surface area contributed by atoms with Gasteiger partial charge in [-0.3, -0.25) is 5.32 Å². The van der Waals surface area contributed by atoms with Crippen LogP contribution in [0.2, 0.25) is 0 Å². The largest absolute Gasteiger partial charge is 0.496 e. The van der Waals surface area contributed by atoms with Crippen molar-refractivity contribution < 1.29 is 27.4 Å². The molecule has 8 nitrogen and oxygen atoms in total. The summed E-state index contributed by atoms with van der Waals surface area (Å²) in [5, 5.41) is 3.74. The van der Waals surface area contributed by atoms with Crippen LogP contribution in [-0.2, 0) is 4.79 Å². The van der Waals surface area contributed by atoms with Crippen molar-refractivity contribution in [2.75, 3.05) is 12.4 Å². The van der Waals surface area contributed by atoms with Crippen LogP contribution in [0.5, 0.6) is 11.6 Å². The Balaban J connectivity index is 1.84. The number of hydrogen-bond acceptors (Lipinski definition) is 8. The number of nitrogens with zero attached hydrogens (tertiary/aromatic N) is 4. The number of rotatable bonds is 4. The number of carbonyl (C=O) groups excluding carboxylic acids is 1. The Labute approximate surface area is 192 Å². The zero-order chi connectivity index (χ0) is 24.8. The van der Waals surface area contributed by atoms with Crippen molar-refractivity contribution in [1.29, 1.82) is 0 Å². The number of alkyl halides is 3. The van der Waals surface area contributed by atoms with Gasteiger partial charge < -0.3 is 9.47 Å². The molecule has 4 rings (SSSR count). The highest BCUT2D eigenvalue weighted by Gasteiger charge is 2.42. The molecule has 0 aliphatic rings. The van der Waals surface area contributed by atoms with E-state index in [1.54, 1.807) is 40.0 Å². The van der Waals surface area contributed by atoms with E-state index in [0.29, 0.717) is 28.0 Å². The quantitative estimate of drug-likeness (QED) is 0.414. The number of ether oxygens (including phenoxy) is 2. The minimum absolute atomic E-state index is 0.122. The number of esters is 1. The number of methoxy groups -OCH3 is 1. The summed E-state index contributed by atoms with van der Waals surface area (Å²) in [6.45, 7) is 7.16. The summed E-state index contributed by atoms with van der Waals surface area (Å²) in [5.74, 6) is -2.28. The summed E-state index contributed by atoms with van der Waals surface area (Å²) < 4.78 is 48.6. The Morgan fingerprint density at radius 1 is 0.912 bits per heavy atom. The number of carbonyl (C=O) groups is 1. The van der Waals surface area contributed by atoms with Gasteiger partial charge in [-0.25, -0.2) is 19.7 Å². The first-order valence-corrected chi connectivity index (χ1v) is 10.1. The lowest BCUT2D eigenvalue weighted by atomic mass is 10.1. The zero-order valence-corrected chi connectivity index (χ0v) is 19.0. The van der Waals surface area contributed by atoms with Gasteiger partial charge >= 0.3 is 12.1 Å². The van der Waals surface area contributed by atoms with Gasteiger partial charge in [0.05, 0.1) is 34.6 Å². The average Bonchev–Trinajstić information content (AvgIpc) is 2.74. The number of nitrogens with one attached hydrogen (secondary N) is 1. The zero-order valence-electron chi connectivity index (χ0n) is 19.0. The smallest absolute Gasteiger partial charge is 0.491 e. The highest BCUT2D eigenvalue weighted by molar-refractivity contribution is 5.92. The number of fused-ring (bicyclic) bond motifs is 2. The second-order valence-electron chi connectivity index (χ2n) is 7.78. The van der Waals surface area contributed by atoms with Crippen LogP contribution < -0.4 is 14.8 Å². The van der Waals surface area contributed by atoms with Crippen LogP contribution in [0.4, 0.5) is 25.1 Å². The van der Waals surface area contributed by atoms with Gasteiger partial charge in [0.2, 0.25) is 17.8 Å². The molecule has 0 amide bonds. The van der Waals surface area contributed by atoms with Crippen molar-refractivity contribution >= 4 is 39.7 Å². The van der Waals surface area contributed by atoms with E-state index in [1.807, 2.05) is 19.1 Å². The van der Waals surface area contributed by atoms with Gasteiger partial charge in [0.1, 0.15) is 5.75 Å². The third kappa shape index (κ3) is 4.28. The molecule has 0 bridgehead atoms. The number of halogens is 3. The molecule has 0 aliphatic carbocycles. The van der Waals surface area contributed by atoms with Crippen molar-refractivity contribution in [3.8, 4) is 11.6 Å². The topological polar surface area (TPSA) is 99.1 Å². The number of benzene rings is 2. The molecule has 0 saturated carbocycles. The van der Waals surface area contributed by atoms with Gasteiger partial charge in [-0.15, -0.1) is 0 Å². The highest BCUT2D eigenvalue weighted by atomic mass is 19.4. The molecule has 2 heterocycles. The molecule has 0 unspecified atom stereocenters. The molecule has 0 aliphatic heterocycles. The molecule has 4 aromatic rings. The minimum Gasteiger partial charge on any atom is -0.496 e. The van der Waals surface area contributed by atoms with Gasteiger partial charge in [-0.05, 0) is 56.5 Å². The predicted molar refractivity (Wildman–Crippen MR) is 120 cm³/mol. The van der Waals surface area contributed by atoms with Gasteiger partial charge in [0, 0.05) is 0 Å². The molecule has 1 N–H and O–H groups in total. The van der Waals surface area contributed by atoms with Crippen LogP contribution >= 0.6 is 0 Å². The lowest BCUT2D eigenvalue weighted by molar-refractivity contribution is -0.189. The number of hydrogen-bond donors (Lipinski definition) is 1. The van der Waals surface area contributed by atoms with Gasteiger partial charge in [0.25, 0.3) is 0 Å². The highest BCUT2D eigenvalue weighted by Crippen LogP contribution is 2.32.